The van der Waals surface area contributed by atoms with Crippen LogP contribution in [0, 0.1) is 0 Å². The smallest absolute Gasteiger partial charge is 0.164 e. The Balaban J connectivity index is 2.37. The topological polar surface area (TPSA) is 69.6 Å². The van der Waals surface area contributed by atoms with Crippen LogP contribution in [0.4, 0.5) is 5.82 Å². The minimum Gasteiger partial charge on any atom is -0.384 e. The van der Waals surface area contributed by atoms with E-state index in [1.807, 2.05) is 10.9 Å². The van der Waals surface area contributed by atoms with Gasteiger partial charge in [0, 0.05) is 18.4 Å². The Hall–Kier alpha value is -1.91. The quantitative estimate of drug-likeness (QED) is 0.803. The minimum atomic E-state index is 0.333. The fourth-order valence-corrected chi connectivity index (χ4v) is 1.25. The summed E-state index contributed by atoms with van der Waals surface area (Å²) in [5.41, 5.74) is 6.47. The molecule has 2 aromatic rings. The molecule has 0 fully saturated rings. The second-order valence-electron chi connectivity index (χ2n) is 3.61. The van der Waals surface area contributed by atoms with Crippen molar-refractivity contribution >= 4 is 5.82 Å². The molecule has 0 aliphatic carbocycles. The third-order valence-corrected chi connectivity index (χ3v) is 2.07. The van der Waals surface area contributed by atoms with Gasteiger partial charge in [-0.15, -0.1) is 0 Å². The summed E-state index contributed by atoms with van der Waals surface area (Å²) in [7, 11) is 0. The van der Waals surface area contributed by atoms with Gasteiger partial charge in [0.15, 0.2) is 5.82 Å². The largest absolute Gasteiger partial charge is 0.384 e. The molecule has 2 heterocycles. The van der Waals surface area contributed by atoms with Crippen LogP contribution in [0.3, 0.4) is 0 Å². The third kappa shape index (κ3) is 1.96. The summed E-state index contributed by atoms with van der Waals surface area (Å²) in [5.74, 6) is 1.08. The SMILES string of the molecule is CC(C)n1cc(-c2nccc(N)n2)cn1. The Morgan fingerprint density at radius 3 is 2.80 bits per heavy atom. The van der Waals surface area contributed by atoms with Crippen molar-refractivity contribution < 1.29 is 0 Å². The highest BCUT2D eigenvalue weighted by atomic mass is 15.3. The van der Waals surface area contributed by atoms with Crippen LogP contribution < -0.4 is 5.73 Å². The molecular weight excluding hydrogens is 190 g/mol. The van der Waals surface area contributed by atoms with Crippen molar-refractivity contribution in [3.63, 3.8) is 0 Å². The van der Waals surface area contributed by atoms with Gasteiger partial charge in [0.2, 0.25) is 0 Å². The van der Waals surface area contributed by atoms with E-state index in [-0.39, 0.29) is 0 Å². The fraction of sp³-hybridized carbons (Fsp3) is 0.300. The van der Waals surface area contributed by atoms with Gasteiger partial charge in [0.25, 0.3) is 0 Å². The molecule has 0 radical (unpaired) electrons. The molecule has 0 aromatic carbocycles. The molecule has 0 unspecified atom stereocenters. The van der Waals surface area contributed by atoms with E-state index in [9.17, 15) is 0 Å². The second-order valence-corrected chi connectivity index (χ2v) is 3.61. The van der Waals surface area contributed by atoms with Crippen LogP contribution in [0.2, 0.25) is 0 Å². The van der Waals surface area contributed by atoms with E-state index in [1.165, 1.54) is 0 Å². The molecular formula is C10H13N5. The number of nitrogens with two attached hydrogens (primary N) is 1. The molecule has 5 nitrogen and oxygen atoms in total. The van der Waals surface area contributed by atoms with Gasteiger partial charge >= 0.3 is 0 Å². The maximum absolute atomic E-state index is 5.58. The van der Waals surface area contributed by atoms with Gasteiger partial charge in [-0.3, -0.25) is 4.68 Å². The molecule has 2 aromatic heterocycles. The van der Waals surface area contributed by atoms with Gasteiger partial charge in [-0.1, -0.05) is 0 Å². The van der Waals surface area contributed by atoms with E-state index in [0.29, 0.717) is 17.7 Å². The van der Waals surface area contributed by atoms with Crippen molar-refractivity contribution in [1.29, 1.82) is 0 Å². The zero-order valence-corrected chi connectivity index (χ0v) is 8.75. The molecule has 15 heavy (non-hydrogen) atoms. The molecule has 0 saturated heterocycles. The maximum Gasteiger partial charge on any atom is 0.164 e. The highest BCUT2D eigenvalue weighted by Gasteiger charge is 2.06. The average Bonchev–Trinajstić information content (AvgIpc) is 2.66. The molecule has 5 heteroatoms. The first-order valence-electron chi connectivity index (χ1n) is 4.80. The summed E-state index contributed by atoms with van der Waals surface area (Å²) >= 11 is 0. The van der Waals surface area contributed by atoms with Crippen LogP contribution in [-0.4, -0.2) is 19.7 Å². The monoisotopic (exact) mass is 203 g/mol. The van der Waals surface area contributed by atoms with Gasteiger partial charge in [-0.05, 0) is 19.9 Å². The standard InChI is InChI=1S/C10H13N5/c1-7(2)15-6-8(5-13-15)10-12-4-3-9(11)14-10/h3-7H,1-2H3,(H2,11,12,14). The van der Waals surface area contributed by atoms with Crippen molar-refractivity contribution in [3.05, 3.63) is 24.7 Å². The summed E-state index contributed by atoms with van der Waals surface area (Å²) in [4.78, 5) is 8.27. The third-order valence-electron chi connectivity index (χ3n) is 2.07. The summed E-state index contributed by atoms with van der Waals surface area (Å²) < 4.78 is 1.86. The molecule has 0 aliphatic heterocycles. The van der Waals surface area contributed by atoms with E-state index in [2.05, 4.69) is 28.9 Å². The van der Waals surface area contributed by atoms with Crippen LogP contribution in [0.5, 0.6) is 0 Å². The van der Waals surface area contributed by atoms with E-state index in [4.69, 9.17) is 5.73 Å². The number of aromatic nitrogens is 4. The number of hydrogen-bond acceptors (Lipinski definition) is 4. The molecule has 0 bridgehead atoms. The minimum absolute atomic E-state index is 0.333. The number of rotatable bonds is 2. The van der Waals surface area contributed by atoms with Gasteiger partial charge in [-0.25, -0.2) is 9.97 Å². The number of nitrogen functional groups attached to an aromatic ring is 1. The number of hydrogen-bond donors (Lipinski definition) is 1. The number of nitrogens with zero attached hydrogens (tertiary/aromatic N) is 4. The predicted molar refractivity (Wildman–Crippen MR) is 58.1 cm³/mol. The van der Waals surface area contributed by atoms with Gasteiger partial charge in [0.1, 0.15) is 5.82 Å². The fourth-order valence-electron chi connectivity index (χ4n) is 1.25. The maximum atomic E-state index is 5.58. The van der Waals surface area contributed by atoms with Crippen molar-refractivity contribution in [2.45, 2.75) is 19.9 Å². The molecule has 78 valence electrons. The second kappa shape index (κ2) is 3.68. The lowest BCUT2D eigenvalue weighted by atomic mass is 10.3. The highest BCUT2D eigenvalue weighted by molar-refractivity contribution is 5.53. The van der Waals surface area contributed by atoms with E-state index >= 15 is 0 Å². The van der Waals surface area contributed by atoms with Gasteiger partial charge in [0.05, 0.1) is 11.8 Å². The normalized spacial score (nSPS) is 10.9. The Kier molecular flexibility index (Phi) is 2.37. The first kappa shape index (κ1) is 9.64. The van der Waals surface area contributed by atoms with Crippen LogP contribution in [0.1, 0.15) is 19.9 Å². The Morgan fingerprint density at radius 2 is 2.20 bits per heavy atom. The van der Waals surface area contributed by atoms with Crippen molar-refractivity contribution in [3.8, 4) is 11.4 Å². The van der Waals surface area contributed by atoms with E-state index in [0.717, 1.165) is 5.56 Å². The van der Waals surface area contributed by atoms with Crippen LogP contribution in [0.15, 0.2) is 24.7 Å². The zero-order chi connectivity index (χ0) is 10.8. The van der Waals surface area contributed by atoms with E-state index in [1.54, 1.807) is 18.5 Å². The Bertz CT molecular complexity index is 460. The molecule has 2 rings (SSSR count). The van der Waals surface area contributed by atoms with Crippen molar-refractivity contribution in [2.75, 3.05) is 5.73 Å². The first-order chi connectivity index (χ1) is 7.16. The highest BCUT2D eigenvalue weighted by Crippen LogP contribution is 2.15. The van der Waals surface area contributed by atoms with Crippen molar-refractivity contribution in [1.82, 2.24) is 19.7 Å². The van der Waals surface area contributed by atoms with Crippen molar-refractivity contribution in [2.24, 2.45) is 0 Å². The van der Waals surface area contributed by atoms with E-state index < -0.39 is 0 Å². The summed E-state index contributed by atoms with van der Waals surface area (Å²) in [6.07, 6.45) is 5.30. The van der Waals surface area contributed by atoms with Crippen LogP contribution in [-0.2, 0) is 0 Å². The Labute approximate surface area is 88.0 Å². The first-order valence-corrected chi connectivity index (χ1v) is 4.80. The molecule has 0 aliphatic rings. The van der Waals surface area contributed by atoms with Crippen LogP contribution >= 0.6 is 0 Å². The lowest BCUT2D eigenvalue weighted by molar-refractivity contribution is 0.532. The molecule has 0 saturated carbocycles. The summed E-state index contributed by atoms with van der Waals surface area (Å²) in [6.45, 7) is 4.13. The lowest BCUT2D eigenvalue weighted by Gasteiger charge is -2.02. The number of anilines is 1. The van der Waals surface area contributed by atoms with Gasteiger partial charge < -0.3 is 5.73 Å². The summed E-state index contributed by atoms with van der Waals surface area (Å²) in [5, 5.41) is 4.22. The van der Waals surface area contributed by atoms with Crippen LogP contribution in [0.25, 0.3) is 11.4 Å². The average molecular weight is 203 g/mol. The zero-order valence-electron chi connectivity index (χ0n) is 8.75. The molecule has 2 N–H and O–H groups in total. The predicted octanol–water partition coefficient (Wildman–Crippen LogP) is 1.50. The lowest BCUT2D eigenvalue weighted by Crippen LogP contribution is -1.99. The Morgan fingerprint density at radius 1 is 1.40 bits per heavy atom. The molecule has 0 spiro atoms. The molecule has 0 amide bonds. The molecule has 0 atom stereocenters. The summed E-state index contributed by atoms with van der Waals surface area (Å²) in [6, 6.07) is 2.00. The van der Waals surface area contributed by atoms with Gasteiger partial charge in [-0.2, -0.15) is 5.10 Å².